The van der Waals surface area contributed by atoms with Crippen LogP contribution in [0.1, 0.15) is 30.9 Å². The number of fused-ring (bicyclic) bond motifs is 1. The number of hydrogen-bond donors (Lipinski definition) is 1. The van der Waals surface area contributed by atoms with Crippen LogP contribution < -0.4 is 9.62 Å². The molecule has 2 aliphatic rings. The third-order valence-corrected chi connectivity index (χ3v) is 8.34. The van der Waals surface area contributed by atoms with E-state index in [0.717, 1.165) is 44.5 Å². The van der Waals surface area contributed by atoms with Crippen molar-refractivity contribution in [3.63, 3.8) is 0 Å². The number of piperidine rings is 1. The molecule has 1 saturated heterocycles. The van der Waals surface area contributed by atoms with E-state index in [1.807, 2.05) is 24.3 Å². The van der Waals surface area contributed by atoms with Gasteiger partial charge in [-0.2, -0.15) is 0 Å². The summed E-state index contributed by atoms with van der Waals surface area (Å²) in [4.78, 5) is 16.1. The first-order chi connectivity index (χ1) is 14.3. The number of likely N-dealkylation sites (tertiary alicyclic amines) is 1. The summed E-state index contributed by atoms with van der Waals surface area (Å²) in [5, 5.41) is 0. The maximum absolute atomic E-state index is 13.1. The number of nitrogens with zero attached hydrogens (tertiary/aromatic N) is 2. The third-order valence-electron chi connectivity index (χ3n) is 5.86. The number of anilines is 1. The van der Waals surface area contributed by atoms with Crippen LogP contribution in [0, 0.1) is 0 Å². The second-order valence-corrected chi connectivity index (χ2v) is 10.5. The molecule has 30 heavy (non-hydrogen) atoms. The SMILES string of the molecule is CC(=O)N1CCc2cc(Br)c(S(=O)(=O)NC3CCN(Cc4ccccc4)CC3)cc21. The Morgan fingerprint density at radius 1 is 1.13 bits per heavy atom. The van der Waals surface area contributed by atoms with Gasteiger partial charge < -0.3 is 4.90 Å². The molecule has 1 amide bonds. The Labute approximate surface area is 186 Å². The number of nitrogens with one attached hydrogen (secondary N) is 1. The molecule has 160 valence electrons. The molecule has 0 aliphatic carbocycles. The molecule has 2 aliphatic heterocycles. The Bertz CT molecular complexity index is 1040. The highest BCUT2D eigenvalue weighted by Gasteiger charge is 2.30. The predicted molar refractivity (Wildman–Crippen MR) is 121 cm³/mol. The second-order valence-electron chi connectivity index (χ2n) is 7.99. The molecule has 0 radical (unpaired) electrons. The standard InChI is InChI=1S/C22H26BrN3O3S/c1-16(27)26-12-7-18-13-20(23)22(14-21(18)26)30(28,29)24-19-8-10-25(11-9-19)15-17-5-3-2-4-6-17/h2-6,13-14,19,24H,7-12,15H2,1H3. The molecule has 4 rings (SSSR count). The van der Waals surface area contributed by atoms with E-state index in [-0.39, 0.29) is 16.8 Å². The van der Waals surface area contributed by atoms with E-state index in [0.29, 0.717) is 16.7 Å². The molecule has 0 saturated carbocycles. The van der Waals surface area contributed by atoms with Crippen molar-refractivity contribution in [3.05, 3.63) is 58.1 Å². The lowest BCUT2D eigenvalue weighted by molar-refractivity contribution is -0.116. The van der Waals surface area contributed by atoms with Crippen LogP contribution in [0.25, 0.3) is 0 Å². The summed E-state index contributed by atoms with van der Waals surface area (Å²) < 4.78 is 29.7. The number of rotatable bonds is 5. The van der Waals surface area contributed by atoms with Crippen LogP contribution in [0.15, 0.2) is 51.8 Å². The van der Waals surface area contributed by atoms with Gasteiger partial charge in [-0.05, 0) is 58.5 Å². The monoisotopic (exact) mass is 491 g/mol. The smallest absolute Gasteiger partial charge is 0.242 e. The van der Waals surface area contributed by atoms with Gasteiger partial charge in [0.2, 0.25) is 15.9 Å². The highest BCUT2D eigenvalue weighted by atomic mass is 79.9. The van der Waals surface area contributed by atoms with Crippen LogP contribution in [0.3, 0.4) is 0 Å². The maximum atomic E-state index is 13.1. The highest BCUT2D eigenvalue weighted by Crippen LogP contribution is 2.35. The number of benzene rings is 2. The van der Waals surface area contributed by atoms with E-state index in [2.05, 4.69) is 37.7 Å². The van der Waals surface area contributed by atoms with E-state index in [9.17, 15) is 13.2 Å². The summed E-state index contributed by atoms with van der Waals surface area (Å²) in [5.74, 6) is -0.0711. The Hall–Kier alpha value is -1.74. The van der Waals surface area contributed by atoms with E-state index < -0.39 is 10.0 Å². The fourth-order valence-corrected chi connectivity index (χ4v) is 6.67. The van der Waals surface area contributed by atoms with Crippen molar-refractivity contribution in [2.45, 2.75) is 43.7 Å². The average Bonchev–Trinajstić information content (AvgIpc) is 3.12. The fourth-order valence-electron chi connectivity index (χ4n) is 4.25. The molecule has 2 heterocycles. The first-order valence-corrected chi connectivity index (χ1v) is 12.5. The highest BCUT2D eigenvalue weighted by molar-refractivity contribution is 9.10. The van der Waals surface area contributed by atoms with Crippen LogP contribution in [0.4, 0.5) is 5.69 Å². The zero-order chi connectivity index (χ0) is 21.3. The van der Waals surface area contributed by atoms with Crippen LogP contribution in [-0.4, -0.2) is 44.9 Å². The van der Waals surface area contributed by atoms with Gasteiger partial charge in [-0.25, -0.2) is 13.1 Å². The average molecular weight is 492 g/mol. The molecule has 2 aromatic rings. The van der Waals surface area contributed by atoms with Crippen molar-refractivity contribution in [2.24, 2.45) is 0 Å². The largest absolute Gasteiger partial charge is 0.312 e. The molecule has 1 N–H and O–H groups in total. The zero-order valence-corrected chi connectivity index (χ0v) is 19.4. The first-order valence-electron chi connectivity index (χ1n) is 10.2. The number of halogens is 1. The third kappa shape index (κ3) is 4.61. The number of hydrogen-bond acceptors (Lipinski definition) is 4. The minimum atomic E-state index is -3.69. The van der Waals surface area contributed by atoms with E-state index in [1.54, 1.807) is 11.0 Å². The van der Waals surface area contributed by atoms with Gasteiger partial charge in [0.05, 0.1) is 4.90 Å². The molecule has 0 aromatic heterocycles. The van der Waals surface area contributed by atoms with Crippen molar-refractivity contribution in [1.82, 2.24) is 9.62 Å². The van der Waals surface area contributed by atoms with Gasteiger partial charge in [-0.1, -0.05) is 30.3 Å². The van der Waals surface area contributed by atoms with Crippen LogP contribution >= 0.6 is 15.9 Å². The number of carbonyl (C=O) groups is 1. The quantitative estimate of drug-likeness (QED) is 0.696. The van der Waals surface area contributed by atoms with E-state index in [1.165, 1.54) is 12.5 Å². The van der Waals surface area contributed by atoms with Crippen molar-refractivity contribution >= 4 is 37.5 Å². The lowest BCUT2D eigenvalue weighted by Crippen LogP contribution is -2.44. The van der Waals surface area contributed by atoms with Crippen molar-refractivity contribution in [1.29, 1.82) is 0 Å². The predicted octanol–water partition coefficient (Wildman–Crippen LogP) is 3.30. The van der Waals surface area contributed by atoms with E-state index >= 15 is 0 Å². The molecule has 0 atom stereocenters. The number of amides is 1. The van der Waals surface area contributed by atoms with Crippen molar-refractivity contribution in [3.8, 4) is 0 Å². The van der Waals surface area contributed by atoms with Crippen LogP contribution in [0.5, 0.6) is 0 Å². The summed E-state index contributed by atoms with van der Waals surface area (Å²) in [6, 6.07) is 13.7. The van der Waals surface area contributed by atoms with Gasteiger partial charge in [0.25, 0.3) is 0 Å². The molecule has 6 nitrogen and oxygen atoms in total. The van der Waals surface area contributed by atoms with Crippen LogP contribution in [0.2, 0.25) is 0 Å². The summed E-state index contributed by atoms with van der Waals surface area (Å²) in [6.07, 6.45) is 2.28. The fraction of sp³-hybridized carbons (Fsp3) is 0.409. The van der Waals surface area contributed by atoms with Crippen molar-refractivity contribution in [2.75, 3.05) is 24.5 Å². The summed E-state index contributed by atoms with van der Waals surface area (Å²) in [7, 11) is -3.69. The van der Waals surface area contributed by atoms with Crippen LogP contribution in [-0.2, 0) is 27.8 Å². The van der Waals surface area contributed by atoms with Gasteiger partial charge in [0.1, 0.15) is 0 Å². The zero-order valence-electron chi connectivity index (χ0n) is 17.0. The Morgan fingerprint density at radius 2 is 1.83 bits per heavy atom. The van der Waals surface area contributed by atoms with Gasteiger partial charge in [0.15, 0.2) is 0 Å². The molecule has 0 unspecified atom stereocenters. The molecule has 8 heteroatoms. The van der Waals surface area contributed by atoms with E-state index in [4.69, 9.17) is 0 Å². The topological polar surface area (TPSA) is 69.7 Å². The molecule has 0 spiro atoms. The lowest BCUT2D eigenvalue weighted by atomic mass is 10.1. The normalized spacial score (nSPS) is 17.9. The summed E-state index contributed by atoms with van der Waals surface area (Å²) >= 11 is 3.42. The summed E-state index contributed by atoms with van der Waals surface area (Å²) in [5.41, 5.74) is 2.96. The molecular formula is C22H26BrN3O3S. The Balaban J connectivity index is 1.43. The maximum Gasteiger partial charge on any atom is 0.242 e. The molecular weight excluding hydrogens is 466 g/mol. The molecule has 1 fully saturated rings. The Morgan fingerprint density at radius 3 is 2.50 bits per heavy atom. The van der Waals surface area contributed by atoms with Gasteiger partial charge in [-0.15, -0.1) is 0 Å². The minimum absolute atomic E-state index is 0.0711. The van der Waals surface area contributed by atoms with Crippen molar-refractivity contribution < 1.29 is 13.2 Å². The van der Waals surface area contributed by atoms with Gasteiger partial charge in [0, 0.05) is 49.3 Å². The minimum Gasteiger partial charge on any atom is -0.312 e. The second kappa shape index (κ2) is 8.78. The first kappa shape index (κ1) is 21.5. The molecule has 2 aromatic carbocycles. The van der Waals surface area contributed by atoms with Gasteiger partial charge >= 0.3 is 0 Å². The number of carbonyl (C=O) groups excluding carboxylic acids is 1. The van der Waals surface area contributed by atoms with Gasteiger partial charge in [-0.3, -0.25) is 9.69 Å². The number of sulfonamides is 1. The summed E-state index contributed by atoms with van der Waals surface area (Å²) in [6.45, 7) is 4.69. The lowest BCUT2D eigenvalue weighted by Gasteiger charge is -2.32. The Kier molecular flexibility index (Phi) is 6.29. The molecule has 0 bridgehead atoms.